The van der Waals surface area contributed by atoms with Crippen LogP contribution in [0.15, 0.2) is 60.7 Å². The van der Waals surface area contributed by atoms with Crippen LogP contribution in [0, 0.1) is 13.8 Å². The highest BCUT2D eigenvalue weighted by molar-refractivity contribution is 6.34. The van der Waals surface area contributed by atoms with Crippen LogP contribution in [-0.2, 0) is 4.79 Å². The van der Waals surface area contributed by atoms with Crippen molar-refractivity contribution in [2.45, 2.75) is 33.1 Å². The van der Waals surface area contributed by atoms with Gasteiger partial charge in [0.2, 0.25) is 6.41 Å². The number of carbonyl (C=O) groups excluding carboxylic acids is 3. The fourth-order valence-corrected chi connectivity index (χ4v) is 4.56. The van der Waals surface area contributed by atoms with Crippen molar-refractivity contribution in [2.75, 3.05) is 22.9 Å². The second kappa shape index (κ2) is 9.91. The molecule has 6 heteroatoms. The number of rotatable bonds is 3. The molecule has 2 aliphatic heterocycles. The Kier molecular flexibility index (Phi) is 6.77. The molecule has 1 fully saturated rings. The number of amides is 3. The lowest BCUT2D eigenvalue weighted by molar-refractivity contribution is -0.106. The third-order valence-corrected chi connectivity index (χ3v) is 6.31. The zero-order valence-corrected chi connectivity index (χ0v) is 19.6. The quantitative estimate of drug-likeness (QED) is 0.451. The highest BCUT2D eigenvalue weighted by Crippen LogP contribution is 2.36. The zero-order chi connectivity index (χ0) is 24.2. The van der Waals surface area contributed by atoms with Crippen LogP contribution >= 0.6 is 0 Å². The Hall–Kier alpha value is -3.93. The number of anilines is 2. The maximum atomic E-state index is 13.2. The van der Waals surface area contributed by atoms with Crippen molar-refractivity contribution < 1.29 is 14.4 Å². The third kappa shape index (κ3) is 4.57. The summed E-state index contributed by atoms with van der Waals surface area (Å²) in [5.41, 5.74) is 11.1. The second-order valence-corrected chi connectivity index (χ2v) is 8.78. The number of nitrogens with zero attached hydrogens (tertiary/aromatic N) is 2. The Balaban J connectivity index is 0.000000868. The zero-order valence-electron chi connectivity index (χ0n) is 19.6. The molecule has 3 aromatic carbocycles. The lowest BCUT2D eigenvalue weighted by Gasteiger charge is -2.30. The van der Waals surface area contributed by atoms with Crippen molar-refractivity contribution in [3.63, 3.8) is 0 Å². The average Bonchev–Trinajstić information content (AvgIpc) is 3.09. The summed E-state index contributed by atoms with van der Waals surface area (Å²) < 4.78 is 0. The summed E-state index contributed by atoms with van der Waals surface area (Å²) in [6.07, 6.45) is 3.82. The number of fused-ring (bicyclic) bond motifs is 1. The van der Waals surface area contributed by atoms with Crippen molar-refractivity contribution in [1.82, 2.24) is 0 Å². The molecule has 2 N–H and O–H groups in total. The standard InChI is InChI=1S/C27H26N2O2.CH3NO/c1-18-6-9-20(10-7-18)21-15-22(28-12-4-3-5-13-28)17-23(16-21)29-26(30)24-11-8-19(2)14-25(24)27(29)31;2-1-3/h6-11,14-17H,3-5,12-13H2,1-2H3;1H,(H2,2,3). The predicted molar refractivity (Wildman–Crippen MR) is 135 cm³/mol. The van der Waals surface area contributed by atoms with Gasteiger partial charge in [-0.2, -0.15) is 0 Å². The first-order valence-corrected chi connectivity index (χ1v) is 11.5. The van der Waals surface area contributed by atoms with Crippen LogP contribution < -0.4 is 15.5 Å². The molecule has 3 amide bonds. The summed E-state index contributed by atoms with van der Waals surface area (Å²) in [6, 6.07) is 20.0. The molecule has 34 heavy (non-hydrogen) atoms. The van der Waals surface area contributed by atoms with Crippen molar-refractivity contribution in [3.8, 4) is 11.1 Å². The van der Waals surface area contributed by atoms with Gasteiger partial charge >= 0.3 is 0 Å². The molecule has 0 atom stereocenters. The van der Waals surface area contributed by atoms with E-state index in [9.17, 15) is 9.59 Å². The molecule has 174 valence electrons. The summed E-state index contributed by atoms with van der Waals surface area (Å²) in [4.78, 5) is 38.7. The van der Waals surface area contributed by atoms with E-state index in [1.807, 2.05) is 31.2 Å². The van der Waals surface area contributed by atoms with E-state index in [0.717, 1.165) is 48.3 Å². The van der Waals surface area contributed by atoms with E-state index >= 15 is 0 Å². The highest BCUT2D eigenvalue weighted by atomic mass is 16.2. The van der Waals surface area contributed by atoms with E-state index in [1.54, 1.807) is 6.07 Å². The molecular formula is C28H29N3O3. The van der Waals surface area contributed by atoms with Crippen molar-refractivity contribution in [3.05, 3.63) is 82.9 Å². The van der Waals surface area contributed by atoms with E-state index < -0.39 is 0 Å². The van der Waals surface area contributed by atoms with Crippen LogP contribution in [0.25, 0.3) is 11.1 Å². The Morgan fingerprint density at radius 3 is 1.97 bits per heavy atom. The molecule has 0 radical (unpaired) electrons. The fraction of sp³-hybridized carbons (Fsp3) is 0.250. The molecule has 0 unspecified atom stereocenters. The van der Waals surface area contributed by atoms with Gasteiger partial charge in [0, 0.05) is 18.8 Å². The van der Waals surface area contributed by atoms with Crippen LogP contribution in [-0.4, -0.2) is 31.3 Å². The molecule has 2 aliphatic rings. The molecule has 0 saturated carbocycles. The van der Waals surface area contributed by atoms with Crippen LogP contribution in [0.1, 0.15) is 51.1 Å². The maximum absolute atomic E-state index is 13.2. The Morgan fingerprint density at radius 2 is 1.29 bits per heavy atom. The minimum atomic E-state index is -0.245. The number of aryl methyl sites for hydroxylation is 2. The van der Waals surface area contributed by atoms with Crippen LogP contribution in [0.4, 0.5) is 11.4 Å². The van der Waals surface area contributed by atoms with Gasteiger partial charge in [-0.25, -0.2) is 4.90 Å². The lowest BCUT2D eigenvalue weighted by Crippen LogP contribution is -2.31. The minimum Gasteiger partial charge on any atom is -0.372 e. The summed E-state index contributed by atoms with van der Waals surface area (Å²) in [6.45, 7) is 6.00. The topological polar surface area (TPSA) is 83.7 Å². The summed E-state index contributed by atoms with van der Waals surface area (Å²) >= 11 is 0. The largest absolute Gasteiger partial charge is 0.372 e. The predicted octanol–water partition coefficient (Wildman–Crippen LogP) is 4.86. The molecular weight excluding hydrogens is 426 g/mol. The Labute approximate surface area is 200 Å². The van der Waals surface area contributed by atoms with Gasteiger partial charge < -0.3 is 10.6 Å². The first kappa shape index (κ1) is 23.2. The van der Waals surface area contributed by atoms with Gasteiger partial charge in [-0.3, -0.25) is 14.4 Å². The van der Waals surface area contributed by atoms with Gasteiger partial charge in [0.15, 0.2) is 0 Å². The van der Waals surface area contributed by atoms with Crippen molar-refractivity contribution in [2.24, 2.45) is 5.73 Å². The number of carbonyl (C=O) groups is 3. The van der Waals surface area contributed by atoms with Gasteiger partial charge in [0.1, 0.15) is 0 Å². The lowest BCUT2D eigenvalue weighted by atomic mass is 10.0. The van der Waals surface area contributed by atoms with Crippen molar-refractivity contribution in [1.29, 1.82) is 0 Å². The molecule has 3 aromatic rings. The number of benzene rings is 3. The minimum absolute atomic E-state index is 0.241. The molecule has 0 spiro atoms. The van der Waals surface area contributed by atoms with Gasteiger partial charge in [0.05, 0.1) is 16.8 Å². The van der Waals surface area contributed by atoms with Crippen LogP contribution in [0.5, 0.6) is 0 Å². The fourth-order valence-electron chi connectivity index (χ4n) is 4.56. The summed E-state index contributed by atoms with van der Waals surface area (Å²) in [5.74, 6) is -0.486. The molecule has 6 nitrogen and oxygen atoms in total. The van der Waals surface area contributed by atoms with Gasteiger partial charge in [-0.05, 0) is 74.6 Å². The van der Waals surface area contributed by atoms with E-state index in [4.69, 9.17) is 4.79 Å². The summed E-state index contributed by atoms with van der Waals surface area (Å²) in [5, 5.41) is 0. The van der Waals surface area contributed by atoms with Gasteiger partial charge in [-0.1, -0.05) is 41.5 Å². The molecule has 1 saturated heterocycles. The molecule has 0 bridgehead atoms. The normalized spacial score (nSPS) is 15.0. The number of primary amides is 1. The summed E-state index contributed by atoms with van der Waals surface area (Å²) in [7, 11) is 0. The maximum Gasteiger partial charge on any atom is 0.266 e. The molecule has 0 aliphatic carbocycles. The number of piperidine rings is 1. The molecule has 2 heterocycles. The first-order valence-electron chi connectivity index (χ1n) is 11.5. The monoisotopic (exact) mass is 455 g/mol. The SMILES string of the molecule is Cc1ccc(-c2cc(N3CCCCC3)cc(N3C(=O)c4ccc(C)cc4C3=O)c2)cc1.NC=O. The Morgan fingerprint density at radius 1 is 0.706 bits per heavy atom. The van der Waals surface area contributed by atoms with Crippen molar-refractivity contribution >= 4 is 29.6 Å². The van der Waals surface area contributed by atoms with E-state index in [2.05, 4.69) is 47.9 Å². The van der Waals surface area contributed by atoms with E-state index in [0.29, 0.717) is 16.8 Å². The average molecular weight is 456 g/mol. The number of hydrogen-bond donors (Lipinski definition) is 1. The second-order valence-electron chi connectivity index (χ2n) is 8.78. The number of hydrogen-bond acceptors (Lipinski definition) is 4. The number of nitrogens with two attached hydrogens (primary N) is 1. The molecule has 5 rings (SSSR count). The third-order valence-electron chi connectivity index (χ3n) is 6.31. The van der Waals surface area contributed by atoms with Crippen LogP contribution in [0.2, 0.25) is 0 Å². The molecule has 0 aromatic heterocycles. The van der Waals surface area contributed by atoms with Gasteiger partial charge in [-0.15, -0.1) is 0 Å². The first-order chi connectivity index (χ1) is 16.4. The van der Waals surface area contributed by atoms with E-state index in [1.165, 1.54) is 16.9 Å². The van der Waals surface area contributed by atoms with Gasteiger partial charge in [0.25, 0.3) is 11.8 Å². The smallest absolute Gasteiger partial charge is 0.266 e. The Bertz CT molecular complexity index is 1230. The van der Waals surface area contributed by atoms with E-state index in [-0.39, 0.29) is 18.2 Å². The van der Waals surface area contributed by atoms with Crippen LogP contribution in [0.3, 0.4) is 0 Å². The number of imide groups is 1. The highest BCUT2D eigenvalue weighted by Gasteiger charge is 2.37.